The first-order valence-corrected chi connectivity index (χ1v) is 9.17. The molecule has 0 fully saturated rings. The number of aliphatic imine (C=N–C) groups is 1. The van der Waals surface area contributed by atoms with Crippen LogP contribution >= 0.6 is 0 Å². The Hall–Kier alpha value is -2.73. The summed E-state index contributed by atoms with van der Waals surface area (Å²) in [5.74, 6) is 2.50. The highest BCUT2D eigenvalue weighted by molar-refractivity contribution is 5.79. The summed E-state index contributed by atoms with van der Waals surface area (Å²) in [4.78, 5) is 6.36. The molecule has 2 N–H and O–H groups in total. The third kappa shape index (κ3) is 8.00. The summed E-state index contributed by atoms with van der Waals surface area (Å²) in [6.07, 6.45) is 0. The molecule has 0 saturated carbocycles. The molecule has 0 radical (unpaired) electrons. The fourth-order valence-corrected chi connectivity index (χ4v) is 2.38. The molecule has 2 aromatic carbocycles. The predicted octanol–water partition coefficient (Wildman–Crippen LogP) is 2.37. The van der Waals surface area contributed by atoms with Gasteiger partial charge in [0.05, 0.1) is 6.54 Å². The van der Waals surface area contributed by atoms with Gasteiger partial charge in [0.15, 0.2) is 5.96 Å². The molecule has 6 nitrogen and oxygen atoms in total. The molecule has 0 atom stereocenters. The van der Waals surface area contributed by atoms with Crippen LogP contribution in [0.4, 0.5) is 0 Å². The number of likely N-dealkylation sites (N-methyl/N-ethyl adjacent to an activating group) is 1. The van der Waals surface area contributed by atoms with Crippen molar-refractivity contribution in [2.24, 2.45) is 4.99 Å². The Morgan fingerprint density at radius 2 is 1.67 bits per heavy atom. The largest absolute Gasteiger partial charge is 0.492 e. The number of nitrogens with one attached hydrogen (secondary N) is 2. The minimum atomic E-state index is 0.564. The Labute approximate surface area is 162 Å². The van der Waals surface area contributed by atoms with Gasteiger partial charge in [0, 0.05) is 25.7 Å². The Morgan fingerprint density at radius 1 is 0.926 bits per heavy atom. The van der Waals surface area contributed by atoms with E-state index in [-0.39, 0.29) is 0 Å². The molecular formula is C21H30N4O2. The van der Waals surface area contributed by atoms with Crippen molar-refractivity contribution in [2.45, 2.75) is 6.54 Å². The predicted molar refractivity (Wildman–Crippen MR) is 111 cm³/mol. The molecule has 146 valence electrons. The van der Waals surface area contributed by atoms with E-state index in [1.165, 1.54) is 0 Å². The SMILES string of the molecule is CN=C(NCCOc1ccccc1)NCc1ccccc1OCCN(C)C. The van der Waals surface area contributed by atoms with Crippen molar-refractivity contribution in [1.29, 1.82) is 0 Å². The van der Waals surface area contributed by atoms with Crippen LogP contribution in [0, 0.1) is 0 Å². The van der Waals surface area contributed by atoms with Gasteiger partial charge in [-0.3, -0.25) is 4.99 Å². The third-order valence-corrected chi connectivity index (χ3v) is 3.85. The van der Waals surface area contributed by atoms with Gasteiger partial charge in [0.25, 0.3) is 0 Å². The van der Waals surface area contributed by atoms with Crippen LogP contribution in [-0.2, 0) is 6.54 Å². The molecule has 0 spiro atoms. The first-order chi connectivity index (χ1) is 13.2. The van der Waals surface area contributed by atoms with Crippen LogP contribution in [0.15, 0.2) is 59.6 Å². The smallest absolute Gasteiger partial charge is 0.191 e. The standard InChI is InChI=1S/C21H30N4O2/c1-22-21(23-13-15-26-19-10-5-4-6-11-19)24-17-18-9-7-8-12-20(18)27-16-14-25(2)3/h4-12H,13-17H2,1-3H3,(H2,22,23,24). The first-order valence-electron chi connectivity index (χ1n) is 9.17. The van der Waals surface area contributed by atoms with E-state index in [9.17, 15) is 0 Å². The van der Waals surface area contributed by atoms with E-state index in [0.29, 0.717) is 26.3 Å². The average molecular weight is 370 g/mol. The summed E-state index contributed by atoms with van der Waals surface area (Å²) in [6.45, 7) is 3.40. The number of guanidine groups is 1. The zero-order valence-corrected chi connectivity index (χ0v) is 16.4. The molecule has 0 bridgehead atoms. The molecule has 0 amide bonds. The van der Waals surface area contributed by atoms with Crippen molar-refractivity contribution in [3.63, 3.8) is 0 Å². The first kappa shape index (κ1) is 20.6. The van der Waals surface area contributed by atoms with Crippen LogP contribution in [0.1, 0.15) is 5.56 Å². The fourth-order valence-electron chi connectivity index (χ4n) is 2.38. The zero-order chi connectivity index (χ0) is 19.3. The van der Waals surface area contributed by atoms with Gasteiger partial charge >= 0.3 is 0 Å². The Kier molecular flexibility index (Phi) is 9.00. The van der Waals surface area contributed by atoms with E-state index >= 15 is 0 Å². The lowest BCUT2D eigenvalue weighted by Crippen LogP contribution is -2.39. The molecular weight excluding hydrogens is 340 g/mol. The second-order valence-corrected chi connectivity index (χ2v) is 6.27. The van der Waals surface area contributed by atoms with E-state index in [0.717, 1.165) is 29.6 Å². The Bertz CT molecular complexity index is 690. The molecule has 0 saturated heterocycles. The van der Waals surface area contributed by atoms with Gasteiger partial charge < -0.3 is 25.0 Å². The Balaban J connectivity index is 1.75. The minimum Gasteiger partial charge on any atom is -0.492 e. The van der Waals surface area contributed by atoms with Crippen molar-refractivity contribution in [3.05, 3.63) is 60.2 Å². The highest BCUT2D eigenvalue weighted by Crippen LogP contribution is 2.17. The second-order valence-electron chi connectivity index (χ2n) is 6.27. The molecule has 0 aliphatic heterocycles. The van der Waals surface area contributed by atoms with Crippen LogP contribution in [0.2, 0.25) is 0 Å². The van der Waals surface area contributed by atoms with Crippen LogP contribution in [-0.4, -0.2) is 58.3 Å². The monoisotopic (exact) mass is 370 g/mol. The average Bonchev–Trinajstić information content (AvgIpc) is 2.69. The topological polar surface area (TPSA) is 58.1 Å². The second kappa shape index (κ2) is 11.8. The summed E-state index contributed by atoms with van der Waals surface area (Å²) < 4.78 is 11.6. The molecule has 2 rings (SSSR count). The highest BCUT2D eigenvalue weighted by atomic mass is 16.5. The van der Waals surface area contributed by atoms with E-state index in [1.807, 2.05) is 62.6 Å². The van der Waals surface area contributed by atoms with E-state index < -0.39 is 0 Å². The van der Waals surface area contributed by atoms with Gasteiger partial charge in [-0.1, -0.05) is 36.4 Å². The van der Waals surface area contributed by atoms with E-state index in [4.69, 9.17) is 9.47 Å². The normalized spacial score (nSPS) is 11.3. The number of hydrogen-bond donors (Lipinski definition) is 2. The summed E-state index contributed by atoms with van der Waals surface area (Å²) in [5, 5.41) is 6.57. The zero-order valence-electron chi connectivity index (χ0n) is 16.4. The van der Waals surface area contributed by atoms with Crippen LogP contribution in [0.25, 0.3) is 0 Å². The maximum absolute atomic E-state index is 5.90. The molecule has 27 heavy (non-hydrogen) atoms. The van der Waals surface area contributed by atoms with E-state index in [1.54, 1.807) is 7.05 Å². The highest BCUT2D eigenvalue weighted by Gasteiger charge is 2.05. The number of benzene rings is 2. The summed E-state index contributed by atoms with van der Waals surface area (Å²) in [7, 11) is 5.83. The number of nitrogens with zero attached hydrogens (tertiary/aromatic N) is 2. The molecule has 0 heterocycles. The van der Waals surface area contributed by atoms with Gasteiger partial charge in [0.1, 0.15) is 24.7 Å². The van der Waals surface area contributed by atoms with Gasteiger partial charge in [-0.05, 0) is 32.3 Å². The van der Waals surface area contributed by atoms with Gasteiger partial charge in [0.2, 0.25) is 0 Å². The third-order valence-electron chi connectivity index (χ3n) is 3.85. The molecule has 0 unspecified atom stereocenters. The summed E-state index contributed by atoms with van der Waals surface area (Å²) in [6, 6.07) is 17.8. The number of para-hydroxylation sites is 2. The number of rotatable bonds is 10. The van der Waals surface area contributed by atoms with Crippen molar-refractivity contribution in [1.82, 2.24) is 15.5 Å². The quantitative estimate of drug-likeness (QED) is 0.382. The van der Waals surface area contributed by atoms with Gasteiger partial charge in [-0.2, -0.15) is 0 Å². The Morgan fingerprint density at radius 3 is 2.41 bits per heavy atom. The van der Waals surface area contributed by atoms with Crippen LogP contribution in [0.3, 0.4) is 0 Å². The van der Waals surface area contributed by atoms with Gasteiger partial charge in [-0.15, -0.1) is 0 Å². The molecule has 6 heteroatoms. The maximum Gasteiger partial charge on any atom is 0.191 e. The lowest BCUT2D eigenvalue weighted by Gasteiger charge is -2.16. The molecule has 0 aliphatic carbocycles. The van der Waals surface area contributed by atoms with E-state index in [2.05, 4.69) is 26.6 Å². The summed E-state index contributed by atoms with van der Waals surface area (Å²) >= 11 is 0. The number of ether oxygens (including phenoxy) is 2. The van der Waals surface area contributed by atoms with Crippen LogP contribution < -0.4 is 20.1 Å². The minimum absolute atomic E-state index is 0.564. The van der Waals surface area contributed by atoms with Crippen molar-refractivity contribution < 1.29 is 9.47 Å². The molecule has 2 aromatic rings. The molecule has 0 aromatic heterocycles. The van der Waals surface area contributed by atoms with Crippen LogP contribution in [0.5, 0.6) is 11.5 Å². The van der Waals surface area contributed by atoms with Crippen molar-refractivity contribution in [3.8, 4) is 11.5 Å². The lowest BCUT2D eigenvalue weighted by atomic mass is 10.2. The summed E-state index contributed by atoms with van der Waals surface area (Å²) in [5.41, 5.74) is 1.10. The fraction of sp³-hybridized carbons (Fsp3) is 0.381. The van der Waals surface area contributed by atoms with Crippen molar-refractivity contribution in [2.75, 3.05) is 47.4 Å². The van der Waals surface area contributed by atoms with Crippen molar-refractivity contribution >= 4 is 5.96 Å². The lowest BCUT2D eigenvalue weighted by molar-refractivity contribution is 0.259. The molecule has 0 aliphatic rings. The number of hydrogen-bond acceptors (Lipinski definition) is 4. The maximum atomic E-state index is 5.90. The van der Waals surface area contributed by atoms with Gasteiger partial charge in [-0.25, -0.2) is 0 Å².